The summed E-state index contributed by atoms with van der Waals surface area (Å²) >= 11 is 24.3. The van der Waals surface area contributed by atoms with Crippen molar-refractivity contribution in [3.8, 4) is 11.5 Å². The van der Waals surface area contributed by atoms with Crippen LogP contribution in [0.15, 0.2) is 48.5 Å². The third-order valence-electron chi connectivity index (χ3n) is 8.13. The van der Waals surface area contributed by atoms with E-state index in [0.717, 1.165) is 56.4 Å². The molecule has 2 aromatic rings. The van der Waals surface area contributed by atoms with Crippen molar-refractivity contribution in [3.05, 3.63) is 59.7 Å². The molecule has 2 rings (SSSR count). The summed E-state index contributed by atoms with van der Waals surface area (Å²) < 4.78 is 11.4. The Morgan fingerprint density at radius 2 is 0.898 bits per heavy atom. The molecule has 6 nitrogen and oxygen atoms in total. The molecule has 0 bridgehead atoms. The number of hydrogen-bond donors (Lipinski definition) is 0. The van der Waals surface area contributed by atoms with E-state index in [9.17, 15) is 9.59 Å². The zero-order chi connectivity index (χ0) is 34.3. The highest BCUT2D eigenvalue weighted by atomic mass is 35.5. The van der Waals surface area contributed by atoms with Crippen LogP contribution >= 0.6 is 71.2 Å². The van der Waals surface area contributed by atoms with Crippen molar-refractivity contribution >= 4 is 82.8 Å². The van der Waals surface area contributed by atoms with E-state index < -0.39 is 0 Å². The first kappa shape index (κ1) is 48.0. The van der Waals surface area contributed by atoms with Gasteiger partial charge in [0.15, 0.2) is 11.6 Å². The lowest BCUT2D eigenvalue weighted by atomic mass is 9.89. The number of carbonyl (C=O) groups excluding carboxylic acids is 2. The van der Waals surface area contributed by atoms with E-state index in [-0.39, 0.29) is 48.2 Å². The topological polar surface area (TPSA) is 59.1 Å². The lowest BCUT2D eigenvalue weighted by Gasteiger charge is -2.26. The van der Waals surface area contributed by atoms with Gasteiger partial charge in [-0.3, -0.25) is 9.59 Å². The lowest BCUT2D eigenvalue weighted by Crippen LogP contribution is -2.36. The van der Waals surface area contributed by atoms with E-state index in [1.807, 2.05) is 48.5 Å². The summed E-state index contributed by atoms with van der Waals surface area (Å²) in [4.78, 5) is 31.8. The van der Waals surface area contributed by atoms with Gasteiger partial charge >= 0.3 is 0 Å². The molecule has 0 saturated heterocycles. The number of ether oxygens (including phenoxy) is 2. The summed E-state index contributed by atoms with van der Waals surface area (Å²) in [5, 5.41) is 0. The maximum Gasteiger partial charge on any atom is 0.167 e. The Labute approximate surface area is 327 Å². The number of nitrogens with zero attached hydrogens (tertiary/aromatic N) is 2. The third-order valence-corrected chi connectivity index (χ3v) is 8.81. The first-order valence-electron chi connectivity index (χ1n) is 17.1. The van der Waals surface area contributed by atoms with Crippen LogP contribution in [0, 0.1) is 11.8 Å². The smallest absolute Gasteiger partial charge is 0.167 e. The number of carbonyl (C=O) groups is 2. The summed E-state index contributed by atoms with van der Waals surface area (Å²) in [5.74, 6) is 3.35. The lowest BCUT2D eigenvalue weighted by molar-refractivity contribution is 0.0873. The molecule has 49 heavy (non-hydrogen) atoms. The molecule has 0 radical (unpaired) electrons. The fourth-order valence-electron chi connectivity index (χ4n) is 5.60. The second-order valence-corrected chi connectivity index (χ2v) is 13.4. The van der Waals surface area contributed by atoms with Crippen molar-refractivity contribution in [3.63, 3.8) is 0 Å². The SMILES string of the molecule is CCCOc1ccc(C(=O)C(CCCCCC(CN(CCCl)CCCl)C(=O)c2ccc(OCCC)cc2)CN(CCCl)CCCl)cc1.Cl.Cl. The van der Waals surface area contributed by atoms with Gasteiger partial charge in [0.2, 0.25) is 0 Å². The minimum atomic E-state index is -0.183. The Morgan fingerprint density at radius 3 is 1.18 bits per heavy atom. The van der Waals surface area contributed by atoms with Gasteiger partial charge in [0, 0.05) is 85.8 Å². The Bertz CT molecular complexity index is 1030. The van der Waals surface area contributed by atoms with Crippen LogP contribution < -0.4 is 9.47 Å². The van der Waals surface area contributed by atoms with Crippen LogP contribution in [-0.2, 0) is 0 Å². The van der Waals surface area contributed by atoms with Crippen molar-refractivity contribution in [1.29, 1.82) is 0 Å². The fraction of sp³-hybridized carbons (Fsp3) is 0.622. The number of ketones is 2. The molecule has 0 N–H and O–H groups in total. The Hall–Kier alpha value is -0.960. The largest absolute Gasteiger partial charge is 0.494 e. The van der Waals surface area contributed by atoms with Gasteiger partial charge in [-0.05, 0) is 74.2 Å². The molecular weight excluding hydrogens is 749 g/mol. The molecule has 0 saturated carbocycles. The number of benzene rings is 2. The highest BCUT2D eigenvalue weighted by Gasteiger charge is 2.25. The molecule has 2 aromatic carbocycles. The molecular formula is C37H56Cl6N2O4. The van der Waals surface area contributed by atoms with Crippen LogP contribution in [-0.4, -0.2) is 97.4 Å². The molecule has 0 amide bonds. The Morgan fingerprint density at radius 1 is 0.571 bits per heavy atom. The van der Waals surface area contributed by atoms with Gasteiger partial charge in [0.1, 0.15) is 11.5 Å². The number of alkyl halides is 4. The predicted octanol–water partition coefficient (Wildman–Crippen LogP) is 9.92. The van der Waals surface area contributed by atoms with E-state index in [0.29, 0.717) is 87.1 Å². The quantitative estimate of drug-likeness (QED) is 0.0485. The Balaban J connectivity index is 0.0000115. The molecule has 0 spiro atoms. The maximum absolute atomic E-state index is 13.7. The average molecular weight is 806 g/mol. The van der Waals surface area contributed by atoms with E-state index in [4.69, 9.17) is 55.9 Å². The zero-order valence-electron chi connectivity index (χ0n) is 29.1. The van der Waals surface area contributed by atoms with Crippen molar-refractivity contribution < 1.29 is 19.1 Å². The molecule has 280 valence electrons. The van der Waals surface area contributed by atoms with E-state index in [1.165, 1.54) is 0 Å². The van der Waals surface area contributed by atoms with Crippen molar-refractivity contribution in [2.75, 3.05) is 76.0 Å². The molecule has 0 heterocycles. The van der Waals surface area contributed by atoms with E-state index in [1.54, 1.807) is 0 Å². The third kappa shape index (κ3) is 18.9. The highest BCUT2D eigenvalue weighted by Crippen LogP contribution is 2.24. The molecule has 0 aliphatic carbocycles. The summed E-state index contributed by atoms with van der Waals surface area (Å²) in [7, 11) is 0. The number of unbranched alkanes of at least 4 members (excludes halogenated alkanes) is 2. The highest BCUT2D eigenvalue weighted by molar-refractivity contribution is 6.18. The molecule has 0 aliphatic heterocycles. The normalized spacial score (nSPS) is 12.2. The van der Waals surface area contributed by atoms with Gasteiger partial charge in [-0.15, -0.1) is 71.2 Å². The molecule has 2 unspecified atom stereocenters. The molecule has 12 heteroatoms. The summed E-state index contributed by atoms with van der Waals surface area (Å²) in [5.41, 5.74) is 1.37. The fourth-order valence-corrected chi connectivity index (χ4v) is 6.56. The predicted molar refractivity (Wildman–Crippen MR) is 213 cm³/mol. The summed E-state index contributed by atoms with van der Waals surface area (Å²) in [6, 6.07) is 14.9. The standard InChI is InChI=1S/C37H54Cl4N2O4.2ClH/c1-3-26-46-34-14-10-30(11-15-34)36(44)32(28-42(22-18-38)23-19-39)8-6-5-7-9-33(29-43(24-20-40)25-21-41)37(45)31-12-16-35(17-13-31)47-27-4-2;;/h10-17,32-33H,3-9,18-29H2,1-2H3;2*1H. The zero-order valence-corrected chi connectivity index (χ0v) is 33.7. The maximum atomic E-state index is 13.7. The second-order valence-electron chi connectivity index (χ2n) is 11.9. The summed E-state index contributed by atoms with van der Waals surface area (Å²) in [6.45, 7) is 9.35. The van der Waals surface area contributed by atoms with Gasteiger partial charge in [0.25, 0.3) is 0 Å². The summed E-state index contributed by atoms with van der Waals surface area (Å²) in [6.07, 6.45) is 6.01. The van der Waals surface area contributed by atoms with E-state index >= 15 is 0 Å². The minimum absolute atomic E-state index is 0. The van der Waals surface area contributed by atoms with Crippen LogP contribution in [0.4, 0.5) is 0 Å². The molecule has 0 aliphatic rings. The number of hydrogen-bond acceptors (Lipinski definition) is 6. The van der Waals surface area contributed by atoms with Crippen LogP contribution in [0.3, 0.4) is 0 Å². The van der Waals surface area contributed by atoms with Crippen molar-refractivity contribution in [1.82, 2.24) is 9.80 Å². The van der Waals surface area contributed by atoms with Gasteiger partial charge in [0.05, 0.1) is 13.2 Å². The van der Waals surface area contributed by atoms with E-state index in [2.05, 4.69) is 23.6 Å². The second kappa shape index (κ2) is 29.6. The van der Waals surface area contributed by atoms with Crippen LogP contribution in [0.2, 0.25) is 0 Å². The first-order chi connectivity index (χ1) is 22.9. The van der Waals surface area contributed by atoms with Crippen LogP contribution in [0.5, 0.6) is 11.5 Å². The van der Waals surface area contributed by atoms with Gasteiger partial charge < -0.3 is 19.3 Å². The van der Waals surface area contributed by atoms with Crippen molar-refractivity contribution in [2.24, 2.45) is 11.8 Å². The van der Waals surface area contributed by atoms with Crippen LogP contribution in [0.1, 0.15) is 79.5 Å². The van der Waals surface area contributed by atoms with Gasteiger partial charge in [-0.1, -0.05) is 33.1 Å². The Kier molecular flexibility index (Phi) is 29.0. The number of rotatable bonds is 28. The minimum Gasteiger partial charge on any atom is -0.494 e. The number of Topliss-reactive ketones (excluding diaryl/α,β-unsaturated/α-hetero) is 2. The number of halogens is 6. The first-order valence-corrected chi connectivity index (χ1v) is 19.3. The molecule has 0 fully saturated rings. The molecule has 0 aromatic heterocycles. The molecule has 2 atom stereocenters. The van der Waals surface area contributed by atoms with Gasteiger partial charge in [-0.25, -0.2) is 0 Å². The van der Waals surface area contributed by atoms with Crippen LogP contribution in [0.25, 0.3) is 0 Å². The average Bonchev–Trinajstić information content (AvgIpc) is 3.08. The van der Waals surface area contributed by atoms with Crippen molar-refractivity contribution in [2.45, 2.75) is 58.8 Å². The van der Waals surface area contributed by atoms with Gasteiger partial charge in [-0.2, -0.15) is 0 Å². The monoisotopic (exact) mass is 802 g/mol.